The molecule has 0 amide bonds. The number of benzene rings is 1. The zero-order chi connectivity index (χ0) is 17.3. The van der Waals surface area contributed by atoms with E-state index in [-0.39, 0.29) is 16.8 Å². The molecule has 2 N–H and O–H groups in total. The van der Waals surface area contributed by atoms with Crippen LogP contribution in [0.25, 0.3) is 22.5 Å². The molecule has 0 fully saturated rings. The van der Waals surface area contributed by atoms with Crippen molar-refractivity contribution >= 4 is 17.3 Å². The molecule has 6 heteroatoms. The van der Waals surface area contributed by atoms with Crippen LogP contribution in [0.4, 0.5) is 5.69 Å². The molecule has 5 nitrogen and oxygen atoms in total. The molecule has 24 heavy (non-hydrogen) atoms. The van der Waals surface area contributed by atoms with Crippen LogP contribution in [0.15, 0.2) is 53.3 Å². The Bertz CT molecular complexity index is 935. The van der Waals surface area contributed by atoms with Gasteiger partial charge in [-0.15, -0.1) is 0 Å². The van der Waals surface area contributed by atoms with Gasteiger partial charge >= 0.3 is 0 Å². The number of pyridine rings is 1. The maximum Gasteiger partial charge on any atom is 0.267 e. The van der Waals surface area contributed by atoms with Gasteiger partial charge in [-0.25, -0.2) is 9.67 Å². The number of nitrogens with two attached hydrogens (primary N) is 1. The number of nitrogen functional groups attached to an aromatic ring is 1. The lowest BCUT2D eigenvalue weighted by Crippen LogP contribution is -2.24. The molecule has 0 aliphatic rings. The lowest BCUT2D eigenvalue weighted by molar-refractivity contribution is 0.505. The number of halogens is 1. The molecular formula is C18H17ClN4O. The Morgan fingerprint density at radius 3 is 2.50 bits per heavy atom. The minimum absolute atomic E-state index is 0.0461. The van der Waals surface area contributed by atoms with Crippen molar-refractivity contribution in [2.45, 2.75) is 19.9 Å². The first-order chi connectivity index (χ1) is 11.5. The summed E-state index contributed by atoms with van der Waals surface area (Å²) in [7, 11) is 0. The van der Waals surface area contributed by atoms with Crippen LogP contribution in [-0.2, 0) is 0 Å². The quantitative estimate of drug-likeness (QED) is 0.736. The monoisotopic (exact) mass is 340 g/mol. The fourth-order valence-electron chi connectivity index (χ4n) is 2.46. The molecule has 3 aromatic rings. The zero-order valence-electron chi connectivity index (χ0n) is 13.4. The van der Waals surface area contributed by atoms with Crippen LogP contribution in [0, 0.1) is 0 Å². The Morgan fingerprint density at radius 1 is 1.12 bits per heavy atom. The van der Waals surface area contributed by atoms with E-state index in [1.165, 1.54) is 10.7 Å². The van der Waals surface area contributed by atoms with Gasteiger partial charge in [0, 0.05) is 17.2 Å². The average molecular weight is 341 g/mol. The predicted molar refractivity (Wildman–Crippen MR) is 97.0 cm³/mol. The summed E-state index contributed by atoms with van der Waals surface area (Å²) in [5, 5.41) is 4.71. The lowest BCUT2D eigenvalue weighted by atomic mass is 10.0. The van der Waals surface area contributed by atoms with E-state index in [0.717, 1.165) is 11.1 Å². The molecule has 0 unspecified atom stereocenters. The van der Waals surface area contributed by atoms with Crippen molar-refractivity contribution in [3.63, 3.8) is 0 Å². The van der Waals surface area contributed by atoms with Crippen molar-refractivity contribution in [3.8, 4) is 22.5 Å². The fraction of sp³-hybridized carbons (Fsp3) is 0.167. The second-order valence-corrected chi connectivity index (χ2v) is 6.08. The molecule has 0 saturated carbocycles. The van der Waals surface area contributed by atoms with Crippen LogP contribution in [0.5, 0.6) is 0 Å². The van der Waals surface area contributed by atoms with Gasteiger partial charge in [-0.05, 0) is 26.0 Å². The Balaban J connectivity index is 2.27. The maximum atomic E-state index is 12.0. The molecular weight excluding hydrogens is 324 g/mol. The Labute approximate surface area is 144 Å². The molecule has 1 aromatic carbocycles. The largest absolute Gasteiger partial charge is 0.396 e. The third kappa shape index (κ3) is 3.03. The van der Waals surface area contributed by atoms with Crippen molar-refractivity contribution in [1.29, 1.82) is 0 Å². The molecule has 2 aromatic heterocycles. The van der Waals surface area contributed by atoms with E-state index in [1.807, 2.05) is 44.2 Å². The summed E-state index contributed by atoms with van der Waals surface area (Å²) in [6.45, 7) is 3.81. The molecule has 0 bridgehead atoms. The molecule has 2 heterocycles. The van der Waals surface area contributed by atoms with Crippen molar-refractivity contribution in [1.82, 2.24) is 14.8 Å². The molecule has 0 spiro atoms. The highest BCUT2D eigenvalue weighted by Gasteiger charge is 2.15. The third-order valence-electron chi connectivity index (χ3n) is 3.64. The minimum Gasteiger partial charge on any atom is -0.396 e. The van der Waals surface area contributed by atoms with Gasteiger partial charge < -0.3 is 5.73 Å². The van der Waals surface area contributed by atoms with Gasteiger partial charge in [-0.2, -0.15) is 5.10 Å². The highest BCUT2D eigenvalue weighted by molar-refractivity contribution is 6.32. The normalized spacial score (nSPS) is 11.0. The summed E-state index contributed by atoms with van der Waals surface area (Å²) in [4.78, 5) is 16.4. The van der Waals surface area contributed by atoms with E-state index in [9.17, 15) is 4.79 Å². The summed E-state index contributed by atoms with van der Waals surface area (Å²) in [6, 6.07) is 14.5. The van der Waals surface area contributed by atoms with Crippen LogP contribution in [-0.4, -0.2) is 14.8 Å². The second-order valence-electron chi connectivity index (χ2n) is 5.73. The SMILES string of the molecule is CC(C)n1nc(-c2cc(N)c(Cl)nc2-c2ccccc2)ccc1=O. The maximum absolute atomic E-state index is 12.0. The first kappa shape index (κ1) is 16.2. The van der Waals surface area contributed by atoms with Gasteiger partial charge in [0.1, 0.15) is 0 Å². The molecule has 122 valence electrons. The fourth-order valence-corrected chi connectivity index (χ4v) is 2.60. The Morgan fingerprint density at radius 2 is 1.83 bits per heavy atom. The zero-order valence-corrected chi connectivity index (χ0v) is 14.2. The summed E-state index contributed by atoms with van der Waals surface area (Å²) < 4.78 is 1.44. The molecule has 0 aliphatic carbocycles. The number of aromatic nitrogens is 3. The van der Waals surface area contributed by atoms with Crippen LogP contribution in [0.1, 0.15) is 19.9 Å². The van der Waals surface area contributed by atoms with Gasteiger partial charge in [-0.3, -0.25) is 4.79 Å². The van der Waals surface area contributed by atoms with E-state index < -0.39 is 0 Å². The standard InChI is InChI=1S/C18H17ClN4O/c1-11(2)23-16(24)9-8-15(22-23)13-10-14(20)18(19)21-17(13)12-6-4-3-5-7-12/h3-11H,20H2,1-2H3. The van der Waals surface area contributed by atoms with E-state index in [1.54, 1.807) is 12.1 Å². The number of nitrogens with zero attached hydrogens (tertiary/aromatic N) is 3. The molecule has 0 radical (unpaired) electrons. The lowest BCUT2D eigenvalue weighted by Gasteiger charge is -2.13. The van der Waals surface area contributed by atoms with E-state index in [4.69, 9.17) is 17.3 Å². The van der Waals surface area contributed by atoms with E-state index >= 15 is 0 Å². The molecule has 0 atom stereocenters. The average Bonchev–Trinajstić information content (AvgIpc) is 2.58. The van der Waals surface area contributed by atoms with Crippen molar-refractivity contribution in [3.05, 3.63) is 64.0 Å². The summed E-state index contributed by atoms with van der Waals surface area (Å²) in [5.74, 6) is 0. The van der Waals surface area contributed by atoms with Gasteiger partial charge in [0.2, 0.25) is 0 Å². The minimum atomic E-state index is -0.148. The number of anilines is 1. The first-order valence-electron chi connectivity index (χ1n) is 7.59. The highest BCUT2D eigenvalue weighted by Crippen LogP contribution is 2.33. The van der Waals surface area contributed by atoms with Gasteiger partial charge in [-0.1, -0.05) is 41.9 Å². The van der Waals surface area contributed by atoms with E-state index in [2.05, 4.69) is 10.1 Å². The topological polar surface area (TPSA) is 73.8 Å². The highest BCUT2D eigenvalue weighted by atomic mass is 35.5. The van der Waals surface area contributed by atoms with E-state index in [0.29, 0.717) is 17.1 Å². The molecule has 0 saturated heterocycles. The Kier molecular flexibility index (Phi) is 4.36. The van der Waals surface area contributed by atoms with Gasteiger partial charge in [0.15, 0.2) is 5.15 Å². The summed E-state index contributed by atoms with van der Waals surface area (Å²) in [5.41, 5.74) is 9.10. The smallest absolute Gasteiger partial charge is 0.267 e. The van der Waals surface area contributed by atoms with Crippen LogP contribution >= 0.6 is 11.6 Å². The van der Waals surface area contributed by atoms with Crippen LogP contribution < -0.4 is 11.3 Å². The first-order valence-corrected chi connectivity index (χ1v) is 7.97. The van der Waals surface area contributed by atoms with Gasteiger partial charge in [0.25, 0.3) is 5.56 Å². The molecule has 0 aliphatic heterocycles. The Hall–Kier alpha value is -2.66. The van der Waals surface area contributed by atoms with Crippen LogP contribution in [0.3, 0.4) is 0 Å². The third-order valence-corrected chi connectivity index (χ3v) is 3.94. The van der Waals surface area contributed by atoms with Crippen molar-refractivity contribution in [2.24, 2.45) is 0 Å². The predicted octanol–water partition coefficient (Wildman–Crippen LogP) is 3.79. The number of hydrogen-bond acceptors (Lipinski definition) is 4. The van der Waals surface area contributed by atoms with Gasteiger partial charge in [0.05, 0.1) is 23.1 Å². The number of rotatable bonds is 3. The molecule has 3 rings (SSSR count). The summed E-state index contributed by atoms with van der Waals surface area (Å²) in [6.07, 6.45) is 0. The second kappa shape index (κ2) is 6.45. The summed E-state index contributed by atoms with van der Waals surface area (Å²) >= 11 is 6.12. The van der Waals surface area contributed by atoms with Crippen molar-refractivity contribution in [2.75, 3.05) is 5.73 Å². The number of hydrogen-bond donors (Lipinski definition) is 1. The van der Waals surface area contributed by atoms with Crippen molar-refractivity contribution < 1.29 is 0 Å². The van der Waals surface area contributed by atoms with Crippen LogP contribution in [0.2, 0.25) is 5.15 Å².